The van der Waals surface area contributed by atoms with E-state index in [2.05, 4.69) is 5.32 Å². The summed E-state index contributed by atoms with van der Waals surface area (Å²) in [6, 6.07) is 0.0642. The van der Waals surface area contributed by atoms with E-state index in [4.69, 9.17) is 4.74 Å². The zero-order valence-electron chi connectivity index (χ0n) is 9.37. The van der Waals surface area contributed by atoms with Gasteiger partial charge < -0.3 is 15.0 Å². The van der Waals surface area contributed by atoms with Gasteiger partial charge in [0.05, 0.1) is 12.1 Å². The Morgan fingerprint density at radius 1 is 1.40 bits per heavy atom. The lowest BCUT2D eigenvalue weighted by Gasteiger charge is -2.27. The van der Waals surface area contributed by atoms with E-state index in [-0.39, 0.29) is 18.1 Å². The van der Waals surface area contributed by atoms with E-state index >= 15 is 0 Å². The molecule has 0 unspecified atom stereocenters. The molecule has 86 valence electrons. The van der Waals surface area contributed by atoms with Gasteiger partial charge in [-0.3, -0.25) is 4.79 Å². The smallest absolute Gasteiger partial charge is 0.239 e. The molecule has 2 fully saturated rings. The molecule has 2 saturated heterocycles. The van der Waals surface area contributed by atoms with Crippen molar-refractivity contribution >= 4 is 5.91 Å². The maximum atomic E-state index is 12.1. The third-order valence-electron chi connectivity index (χ3n) is 3.40. The first-order chi connectivity index (χ1) is 7.31. The number of amides is 1. The molecule has 0 aromatic carbocycles. The molecular formula is C11H20N2O2. The van der Waals surface area contributed by atoms with Gasteiger partial charge in [0.25, 0.3) is 0 Å². The fourth-order valence-electron chi connectivity index (χ4n) is 2.40. The van der Waals surface area contributed by atoms with Gasteiger partial charge in [-0.15, -0.1) is 0 Å². The van der Waals surface area contributed by atoms with Gasteiger partial charge in [-0.2, -0.15) is 0 Å². The number of ether oxygens (including phenoxy) is 1. The summed E-state index contributed by atoms with van der Waals surface area (Å²) in [5.74, 6) is 0.272. The van der Waals surface area contributed by atoms with Crippen LogP contribution in [0.25, 0.3) is 0 Å². The van der Waals surface area contributed by atoms with Crippen molar-refractivity contribution in [1.29, 1.82) is 0 Å². The molecule has 0 bridgehead atoms. The number of piperidine rings is 1. The molecule has 2 atom stereocenters. The van der Waals surface area contributed by atoms with Crippen LogP contribution in [0.1, 0.15) is 25.7 Å². The van der Waals surface area contributed by atoms with Gasteiger partial charge in [0.2, 0.25) is 5.91 Å². The van der Waals surface area contributed by atoms with Crippen LogP contribution in [-0.2, 0) is 9.53 Å². The second kappa shape index (κ2) is 4.94. The van der Waals surface area contributed by atoms with Crippen molar-refractivity contribution in [2.24, 2.45) is 0 Å². The van der Waals surface area contributed by atoms with Crippen LogP contribution < -0.4 is 5.32 Å². The van der Waals surface area contributed by atoms with E-state index < -0.39 is 0 Å². The maximum absolute atomic E-state index is 12.1. The Morgan fingerprint density at radius 2 is 2.27 bits per heavy atom. The molecule has 0 aromatic heterocycles. The number of hydrogen-bond donors (Lipinski definition) is 1. The van der Waals surface area contributed by atoms with Gasteiger partial charge in [0.15, 0.2) is 0 Å². The number of hydrogen-bond acceptors (Lipinski definition) is 3. The zero-order valence-corrected chi connectivity index (χ0v) is 9.37. The van der Waals surface area contributed by atoms with Gasteiger partial charge in [0.1, 0.15) is 0 Å². The molecule has 2 aliphatic heterocycles. The maximum Gasteiger partial charge on any atom is 0.239 e. The Bertz CT molecular complexity index is 227. The van der Waals surface area contributed by atoms with E-state index in [0.29, 0.717) is 0 Å². The lowest BCUT2D eigenvalue weighted by atomic mass is 10.0. The van der Waals surface area contributed by atoms with Crippen LogP contribution in [0.15, 0.2) is 0 Å². The van der Waals surface area contributed by atoms with Crippen molar-refractivity contribution in [3.63, 3.8) is 0 Å². The van der Waals surface area contributed by atoms with E-state index in [9.17, 15) is 4.79 Å². The Labute approximate surface area is 91.0 Å². The molecule has 15 heavy (non-hydrogen) atoms. The first-order valence-corrected chi connectivity index (χ1v) is 5.86. The highest BCUT2D eigenvalue weighted by Crippen LogP contribution is 2.16. The van der Waals surface area contributed by atoms with Crippen molar-refractivity contribution in [3.05, 3.63) is 0 Å². The summed E-state index contributed by atoms with van der Waals surface area (Å²) < 4.78 is 5.26. The minimum absolute atomic E-state index is 0.0642. The molecule has 4 heteroatoms. The molecule has 0 aromatic rings. The summed E-state index contributed by atoms with van der Waals surface area (Å²) in [5, 5.41) is 3.30. The third kappa shape index (κ3) is 2.49. The van der Waals surface area contributed by atoms with Crippen LogP contribution in [0.3, 0.4) is 0 Å². The molecule has 4 nitrogen and oxygen atoms in total. The predicted molar refractivity (Wildman–Crippen MR) is 57.6 cm³/mol. The van der Waals surface area contributed by atoms with E-state index in [1.165, 1.54) is 12.8 Å². The molecule has 0 spiro atoms. The Morgan fingerprint density at radius 3 is 2.87 bits per heavy atom. The SMILES string of the molecule is CO[C@@H]1CCN(C(=O)[C@@H]2CCCCN2)C1. The Balaban J connectivity index is 1.85. The molecule has 0 radical (unpaired) electrons. The average molecular weight is 212 g/mol. The van der Waals surface area contributed by atoms with Crippen LogP contribution >= 0.6 is 0 Å². The normalized spacial score (nSPS) is 31.9. The molecule has 0 saturated carbocycles. The molecule has 0 aliphatic carbocycles. The molecule has 2 heterocycles. The van der Waals surface area contributed by atoms with Gasteiger partial charge in [-0.1, -0.05) is 6.42 Å². The van der Waals surface area contributed by atoms with Gasteiger partial charge in [0, 0.05) is 20.2 Å². The molecular weight excluding hydrogens is 192 g/mol. The number of carbonyl (C=O) groups is 1. The fraction of sp³-hybridized carbons (Fsp3) is 0.909. The van der Waals surface area contributed by atoms with Crippen LogP contribution in [0.4, 0.5) is 0 Å². The first-order valence-electron chi connectivity index (χ1n) is 5.86. The molecule has 2 aliphatic rings. The van der Waals surface area contributed by atoms with Crippen LogP contribution in [0.5, 0.6) is 0 Å². The minimum Gasteiger partial charge on any atom is -0.380 e. The second-order valence-electron chi connectivity index (χ2n) is 4.43. The summed E-state index contributed by atoms with van der Waals surface area (Å²) in [6.45, 7) is 2.61. The highest BCUT2D eigenvalue weighted by atomic mass is 16.5. The monoisotopic (exact) mass is 212 g/mol. The minimum atomic E-state index is 0.0642. The Hall–Kier alpha value is -0.610. The number of likely N-dealkylation sites (tertiary alicyclic amines) is 1. The van der Waals surface area contributed by atoms with Gasteiger partial charge >= 0.3 is 0 Å². The topological polar surface area (TPSA) is 41.6 Å². The average Bonchev–Trinajstić information content (AvgIpc) is 2.78. The summed E-state index contributed by atoms with van der Waals surface area (Å²) in [5.41, 5.74) is 0. The van der Waals surface area contributed by atoms with E-state index in [1.807, 2.05) is 4.90 Å². The number of nitrogens with one attached hydrogen (secondary N) is 1. The summed E-state index contributed by atoms with van der Waals surface area (Å²) in [6.07, 6.45) is 4.59. The van der Waals surface area contributed by atoms with Crippen molar-refractivity contribution in [2.45, 2.75) is 37.8 Å². The van der Waals surface area contributed by atoms with Crippen LogP contribution in [0, 0.1) is 0 Å². The summed E-state index contributed by atoms with van der Waals surface area (Å²) in [4.78, 5) is 14.0. The highest BCUT2D eigenvalue weighted by Gasteiger charge is 2.31. The van der Waals surface area contributed by atoms with Gasteiger partial charge in [-0.25, -0.2) is 0 Å². The largest absolute Gasteiger partial charge is 0.380 e. The lowest BCUT2D eigenvalue weighted by molar-refractivity contribution is -0.133. The predicted octanol–water partition coefficient (Wildman–Crippen LogP) is 0.376. The van der Waals surface area contributed by atoms with Crippen molar-refractivity contribution in [2.75, 3.05) is 26.7 Å². The highest BCUT2D eigenvalue weighted by molar-refractivity contribution is 5.82. The van der Waals surface area contributed by atoms with E-state index in [0.717, 1.165) is 32.5 Å². The second-order valence-corrected chi connectivity index (χ2v) is 4.43. The number of rotatable bonds is 2. The van der Waals surface area contributed by atoms with Crippen molar-refractivity contribution in [1.82, 2.24) is 10.2 Å². The van der Waals surface area contributed by atoms with Crippen molar-refractivity contribution < 1.29 is 9.53 Å². The fourth-order valence-corrected chi connectivity index (χ4v) is 2.40. The first kappa shape index (κ1) is 10.9. The summed E-state index contributed by atoms with van der Waals surface area (Å²) >= 11 is 0. The van der Waals surface area contributed by atoms with E-state index in [1.54, 1.807) is 7.11 Å². The summed E-state index contributed by atoms with van der Waals surface area (Å²) in [7, 11) is 1.72. The molecule has 1 amide bonds. The van der Waals surface area contributed by atoms with Crippen molar-refractivity contribution in [3.8, 4) is 0 Å². The van der Waals surface area contributed by atoms with Gasteiger partial charge in [-0.05, 0) is 25.8 Å². The quantitative estimate of drug-likeness (QED) is 0.719. The zero-order chi connectivity index (χ0) is 10.7. The lowest BCUT2D eigenvalue weighted by Crippen LogP contribution is -2.48. The molecule has 2 rings (SSSR count). The third-order valence-corrected chi connectivity index (χ3v) is 3.40. The van der Waals surface area contributed by atoms with Crippen LogP contribution in [-0.4, -0.2) is 49.7 Å². The van der Waals surface area contributed by atoms with Crippen LogP contribution in [0.2, 0.25) is 0 Å². The number of methoxy groups -OCH3 is 1. The molecule has 1 N–H and O–H groups in total. The number of carbonyl (C=O) groups excluding carboxylic acids is 1. The standard InChI is InChI=1S/C11H20N2O2/c1-15-9-5-7-13(8-9)11(14)10-4-2-3-6-12-10/h9-10,12H,2-8H2,1H3/t9-,10+/m1/s1. The Kier molecular flexibility index (Phi) is 3.59. The number of nitrogens with zero attached hydrogens (tertiary/aromatic N) is 1.